The lowest BCUT2D eigenvalue weighted by molar-refractivity contribution is -0.137. The number of carbonyl (C=O) groups is 1. The number of hydrogen-bond acceptors (Lipinski definition) is 3. The quantitative estimate of drug-likeness (QED) is 0.870. The van der Waals surface area contributed by atoms with Gasteiger partial charge >= 0.3 is 12.2 Å². The highest BCUT2D eigenvalue weighted by Crippen LogP contribution is 2.36. The van der Waals surface area contributed by atoms with E-state index in [0.717, 1.165) is 12.1 Å². The fourth-order valence-electron chi connectivity index (χ4n) is 2.28. The van der Waals surface area contributed by atoms with E-state index in [2.05, 4.69) is 5.32 Å². The molecule has 0 radical (unpaired) electrons. The molecule has 0 aliphatic carbocycles. The number of nitrogens with zero attached hydrogens (tertiary/aromatic N) is 1. The molecule has 0 spiro atoms. The zero-order valence-electron chi connectivity index (χ0n) is 12.0. The minimum atomic E-state index is -4.64. The summed E-state index contributed by atoms with van der Waals surface area (Å²) in [5, 5.41) is 1.85. The second-order valence-corrected chi connectivity index (χ2v) is 7.93. The molecule has 0 bridgehead atoms. The molecule has 1 aliphatic rings. The summed E-state index contributed by atoms with van der Waals surface area (Å²) < 4.78 is 61.2. The topological polar surface area (TPSA) is 66.5 Å². The van der Waals surface area contributed by atoms with Crippen molar-refractivity contribution in [2.75, 3.05) is 23.9 Å². The van der Waals surface area contributed by atoms with Crippen molar-refractivity contribution in [3.63, 3.8) is 0 Å². The molecule has 2 amide bonds. The average molecular weight is 371 g/mol. The summed E-state index contributed by atoms with van der Waals surface area (Å²) in [6, 6.07) is 1.85. The number of rotatable bonds is 2. The van der Waals surface area contributed by atoms with Crippen LogP contribution in [0.2, 0.25) is 5.02 Å². The van der Waals surface area contributed by atoms with Crippen LogP contribution in [0.3, 0.4) is 0 Å². The van der Waals surface area contributed by atoms with E-state index in [1.807, 2.05) is 0 Å². The van der Waals surface area contributed by atoms with Crippen LogP contribution in [0.25, 0.3) is 0 Å². The van der Waals surface area contributed by atoms with Crippen LogP contribution < -0.4 is 5.32 Å². The molecule has 1 fully saturated rings. The summed E-state index contributed by atoms with van der Waals surface area (Å²) in [7, 11) is -1.76. The maximum absolute atomic E-state index is 12.8. The molecule has 1 aromatic rings. The number of urea groups is 1. The molecule has 1 aromatic carbocycles. The third-order valence-electron chi connectivity index (χ3n) is 3.60. The van der Waals surface area contributed by atoms with E-state index >= 15 is 0 Å². The third kappa shape index (κ3) is 4.29. The molecule has 128 valence electrons. The van der Waals surface area contributed by atoms with Gasteiger partial charge in [-0.25, -0.2) is 13.2 Å². The molecule has 1 unspecified atom stereocenters. The lowest BCUT2D eigenvalue weighted by Crippen LogP contribution is -2.40. The Hall–Kier alpha value is -1.48. The van der Waals surface area contributed by atoms with Gasteiger partial charge in [-0.2, -0.15) is 13.2 Å². The molecule has 2 rings (SSSR count). The fourth-order valence-corrected chi connectivity index (χ4v) is 4.28. The molecule has 1 atom stereocenters. The summed E-state index contributed by atoms with van der Waals surface area (Å²) in [6.07, 6.45) is -4.33. The van der Waals surface area contributed by atoms with Crippen LogP contribution in [0.4, 0.5) is 23.7 Å². The van der Waals surface area contributed by atoms with Gasteiger partial charge in [-0.1, -0.05) is 11.6 Å². The normalized spacial score (nSPS) is 20.3. The molecule has 1 saturated heterocycles. The molecule has 1 heterocycles. The minimum absolute atomic E-state index is 0.00550. The number of amides is 2. The Morgan fingerprint density at radius 2 is 2.04 bits per heavy atom. The van der Waals surface area contributed by atoms with Crippen molar-refractivity contribution in [2.45, 2.75) is 18.6 Å². The number of benzene rings is 1. The first kappa shape index (κ1) is 17.9. The molecule has 10 heteroatoms. The summed E-state index contributed by atoms with van der Waals surface area (Å²) >= 11 is 5.51. The lowest BCUT2D eigenvalue weighted by atomic mass is 10.2. The number of nitrogens with one attached hydrogen (secondary N) is 1. The highest BCUT2D eigenvalue weighted by atomic mass is 35.5. The monoisotopic (exact) mass is 370 g/mol. The van der Waals surface area contributed by atoms with Crippen molar-refractivity contribution >= 4 is 33.2 Å². The van der Waals surface area contributed by atoms with E-state index in [0.29, 0.717) is 6.42 Å². The van der Waals surface area contributed by atoms with Crippen LogP contribution in [0, 0.1) is 0 Å². The van der Waals surface area contributed by atoms with E-state index in [1.54, 1.807) is 0 Å². The number of alkyl halides is 3. The van der Waals surface area contributed by atoms with E-state index in [9.17, 15) is 26.4 Å². The van der Waals surface area contributed by atoms with E-state index < -0.39 is 38.7 Å². The molecule has 1 aliphatic heterocycles. The van der Waals surface area contributed by atoms with Gasteiger partial charge in [0.2, 0.25) is 0 Å². The maximum Gasteiger partial charge on any atom is 0.417 e. The van der Waals surface area contributed by atoms with Gasteiger partial charge in [0.25, 0.3) is 0 Å². The van der Waals surface area contributed by atoms with Crippen LogP contribution in [-0.2, 0) is 16.0 Å². The third-order valence-corrected chi connectivity index (χ3v) is 5.68. The average Bonchev–Trinajstić information content (AvgIpc) is 2.79. The molecule has 1 N–H and O–H groups in total. The van der Waals surface area contributed by atoms with Gasteiger partial charge in [-0.15, -0.1) is 0 Å². The maximum atomic E-state index is 12.8. The highest BCUT2D eigenvalue weighted by molar-refractivity contribution is 7.91. The molecular weight excluding hydrogens is 357 g/mol. The minimum Gasteiger partial charge on any atom is -0.324 e. The Bertz CT molecular complexity index is 722. The number of halogens is 4. The Balaban J connectivity index is 2.12. The van der Waals surface area contributed by atoms with Gasteiger partial charge in [0.15, 0.2) is 9.84 Å². The van der Waals surface area contributed by atoms with Crippen LogP contribution in [0.5, 0.6) is 0 Å². The van der Waals surface area contributed by atoms with Crippen molar-refractivity contribution in [1.29, 1.82) is 0 Å². The predicted molar refractivity (Wildman–Crippen MR) is 80.3 cm³/mol. The van der Waals surface area contributed by atoms with Crippen molar-refractivity contribution in [3.05, 3.63) is 28.8 Å². The second-order valence-electron chi connectivity index (χ2n) is 5.29. The Labute approximate surface area is 136 Å². The SMILES string of the molecule is CN(C(=O)Nc1ccc(Cl)c(C(F)(F)F)c1)C1CCS(=O)(=O)C1. The Morgan fingerprint density at radius 3 is 2.57 bits per heavy atom. The highest BCUT2D eigenvalue weighted by Gasteiger charge is 2.35. The van der Waals surface area contributed by atoms with E-state index in [4.69, 9.17) is 11.6 Å². The van der Waals surface area contributed by atoms with Crippen LogP contribution in [0.1, 0.15) is 12.0 Å². The molecule has 0 aromatic heterocycles. The van der Waals surface area contributed by atoms with Crippen molar-refractivity contribution in [3.8, 4) is 0 Å². The van der Waals surface area contributed by atoms with Gasteiger partial charge in [0.05, 0.1) is 22.1 Å². The van der Waals surface area contributed by atoms with Gasteiger partial charge < -0.3 is 10.2 Å². The van der Waals surface area contributed by atoms with Crippen molar-refractivity contribution < 1.29 is 26.4 Å². The van der Waals surface area contributed by atoms with Crippen molar-refractivity contribution in [2.24, 2.45) is 0 Å². The summed E-state index contributed by atoms with van der Waals surface area (Å²) in [4.78, 5) is 13.2. The van der Waals surface area contributed by atoms with Gasteiger partial charge in [0.1, 0.15) is 0 Å². The number of carbonyl (C=O) groups excluding carboxylic acids is 1. The molecule has 5 nitrogen and oxygen atoms in total. The second kappa shape index (κ2) is 6.20. The number of anilines is 1. The molecular formula is C13H14ClF3N2O3S. The van der Waals surface area contributed by atoms with Crippen LogP contribution >= 0.6 is 11.6 Å². The largest absolute Gasteiger partial charge is 0.417 e. The van der Waals surface area contributed by atoms with Crippen LogP contribution in [0.15, 0.2) is 18.2 Å². The first-order valence-electron chi connectivity index (χ1n) is 6.60. The smallest absolute Gasteiger partial charge is 0.324 e. The summed E-state index contributed by atoms with van der Waals surface area (Å²) in [5.41, 5.74) is -1.12. The van der Waals surface area contributed by atoms with Crippen molar-refractivity contribution in [1.82, 2.24) is 4.90 Å². The number of hydrogen-bond donors (Lipinski definition) is 1. The lowest BCUT2D eigenvalue weighted by Gasteiger charge is -2.24. The van der Waals surface area contributed by atoms with Crippen LogP contribution in [-0.4, -0.2) is 43.9 Å². The zero-order valence-corrected chi connectivity index (χ0v) is 13.6. The number of sulfone groups is 1. The summed E-state index contributed by atoms with van der Waals surface area (Å²) in [5.74, 6) is -0.153. The van der Waals surface area contributed by atoms with E-state index in [-0.39, 0.29) is 17.2 Å². The van der Waals surface area contributed by atoms with Gasteiger partial charge in [0, 0.05) is 18.8 Å². The van der Waals surface area contributed by atoms with Gasteiger partial charge in [-0.05, 0) is 24.6 Å². The van der Waals surface area contributed by atoms with E-state index in [1.165, 1.54) is 18.0 Å². The standard InChI is InChI=1S/C13H14ClF3N2O3S/c1-19(9-4-5-23(21,22)7-9)12(20)18-8-2-3-11(14)10(6-8)13(15,16)17/h2-3,6,9H,4-5,7H2,1H3,(H,18,20). The fraction of sp³-hybridized carbons (Fsp3) is 0.462. The Morgan fingerprint density at radius 1 is 1.39 bits per heavy atom. The zero-order chi connectivity index (χ0) is 17.4. The molecule has 23 heavy (non-hydrogen) atoms. The first-order chi connectivity index (χ1) is 10.5. The Kier molecular flexibility index (Phi) is 4.81. The van der Waals surface area contributed by atoms with Gasteiger partial charge in [-0.3, -0.25) is 0 Å². The predicted octanol–water partition coefficient (Wildman–Crippen LogP) is 3.01. The first-order valence-corrected chi connectivity index (χ1v) is 8.80. The molecule has 0 saturated carbocycles. The summed E-state index contributed by atoms with van der Waals surface area (Å²) in [6.45, 7) is 0.